The van der Waals surface area contributed by atoms with Gasteiger partial charge in [-0.05, 0) is 29.7 Å². The largest absolute Gasteiger partial charge is 0.548 e. The molecule has 1 heterocycles. The summed E-state index contributed by atoms with van der Waals surface area (Å²) in [6, 6.07) is 5.44. The summed E-state index contributed by atoms with van der Waals surface area (Å²) in [5.41, 5.74) is 1.07. The van der Waals surface area contributed by atoms with Crippen LogP contribution in [-0.4, -0.2) is 40.1 Å². The number of rotatable bonds is 5. The van der Waals surface area contributed by atoms with E-state index in [4.69, 9.17) is 12.2 Å². The van der Waals surface area contributed by atoms with Gasteiger partial charge < -0.3 is 15.2 Å². The number of thioether (sulfide) groups is 1. The number of carbonyl (C=O) groups is 3. The molecule has 1 fully saturated rings. The number of carboxylic acids is 1. The highest BCUT2D eigenvalue weighted by molar-refractivity contribution is 8.26. The second-order valence-corrected chi connectivity index (χ2v) is 7.55. The van der Waals surface area contributed by atoms with Gasteiger partial charge in [0.15, 0.2) is 0 Å². The van der Waals surface area contributed by atoms with Crippen LogP contribution >= 0.6 is 24.0 Å². The minimum atomic E-state index is -1.32. The predicted octanol–water partition coefficient (Wildman–Crippen LogP) is 1.02. The summed E-state index contributed by atoms with van der Waals surface area (Å²) in [5, 5.41) is 13.5. The van der Waals surface area contributed by atoms with Crippen LogP contribution in [0.25, 0.3) is 6.08 Å². The van der Waals surface area contributed by atoms with Crippen molar-refractivity contribution >= 4 is 52.2 Å². The van der Waals surface area contributed by atoms with Crippen molar-refractivity contribution in [3.63, 3.8) is 0 Å². The van der Waals surface area contributed by atoms with Gasteiger partial charge in [0.1, 0.15) is 4.32 Å². The van der Waals surface area contributed by atoms with Crippen molar-refractivity contribution in [2.75, 3.05) is 7.05 Å². The van der Waals surface area contributed by atoms with Crippen LogP contribution in [0.4, 0.5) is 0 Å². The van der Waals surface area contributed by atoms with E-state index in [0.717, 1.165) is 5.56 Å². The Kier molecular flexibility index (Phi) is 5.97. The van der Waals surface area contributed by atoms with Crippen molar-refractivity contribution in [2.45, 2.75) is 19.9 Å². The van der Waals surface area contributed by atoms with Gasteiger partial charge in [-0.25, -0.2) is 0 Å². The average Bonchev–Trinajstić information content (AvgIpc) is 2.79. The van der Waals surface area contributed by atoms with E-state index in [-0.39, 0.29) is 11.8 Å². The third-order valence-corrected chi connectivity index (χ3v) is 5.15. The zero-order chi connectivity index (χ0) is 18.7. The molecule has 0 spiro atoms. The van der Waals surface area contributed by atoms with Crippen LogP contribution in [0.1, 0.15) is 29.8 Å². The summed E-state index contributed by atoms with van der Waals surface area (Å²) in [6.07, 6.45) is 1.70. The Morgan fingerprint density at radius 3 is 2.32 bits per heavy atom. The minimum Gasteiger partial charge on any atom is -0.548 e. The van der Waals surface area contributed by atoms with Crippen LogP contribution in [0, 0.1) is 5.92 Å². The maximum Gasteiger partial charge on any atom is 0.265 e. The summed E-state index contributed by atoms with van der Waals surface area (Å²) in [7, 11) is 1.62. The van der Waals surface area contributed by atoms with Crippen molar-refractivity contribution in [2.24, 2.45) is 5.92 Å². The molecule has 6 nitrogen and oxygen atoms in total. The first-order chi connectivity index (χ1) is 11.7. The van der Waals surface area contributed by atoms with E-state index in [0.29, 0.717) is 14.8 Å². The SMILES string of the molecule is CC(C)[C@H](NC(=O)c1ccc(/C=C2/SC(=S)N(C)C2=O)cc1)C(=O)[O-]. The van der Waals surface area contributed by atoms with Crippen molar-refractivity contribution in [1.29, 1.82) is 0 Å². The lowest BCUT2D eigenvalue weighted by Crippen LogP contribution is -2.50. The number of hydrogen-bond donors (Lipinski definition) is 1. The molecule has 1 saturated heterocycles. The fourth-order valence-electron chi connectivity index (χ4n) is 2.15. The molecule has 1 aromatic rings. The molecule has 132 valence electrons. The number of nitrogens with zero attached hydrogens (tertiary/aromatic N) is 1. The molecule has 0 bridgehead atoms. The molecular formula is C17H17N2O4S2-. The lowest BCUT2D eigenvalue weighted by atomic mass is 10.0. The van der Waals surface area contributed by atoms with Gasteiger partial charge in [0.2, 0.25) is 0 Å². The van der Waals surface area contributed by atoms with Gasteiger partial charge in [0.25, 0.3) is 11.8 Å². The lowest BCUT2D eigenvalue weighted by Gasteiger charge is -2.23. The summed E-state index contributed by atoms with van der Waals surface area (Å²) in [4.78, 5) is 37.1. The molecule has 0 saturated carbocycles. The molecule has 0 unspecified atom stereocenters. The Morgan fingerprint density at radius 1 is 1.28 bits per heavy atom. The smallest absolute Gasteiger partial charge is 0.265 e. The van der Waals surface area contributed by atoms with Crippen LogP contribution in [0.3, 0.4) is 0 Å². The molecule has 1 aliphatic heterocycles. The Labute approximate surface area is 155 Å². The maximum absolute atomic E-state index is 12.2. The van der Waals surface area contributed by atoms with Crippen LogP contribution in [0.15, 0.2) is 29.2 Å². The number of carboxylic acid groups (broad SMARTS) is 1. The number of carbonyl (C=O) groups excluding carboxylic acids is 3. The number of likely N-dealkylation sites (N-methyl/N-ethyl adjacent to an activating group) is 1. The second-order valence-electron chi connectivity index (χ2n) is 5.88. The van der Waals surface area contributed by atoms with E-state index in [1.807, 2.05) is 0 Å². The van der Waals surface area contributed by atoms with Gasteiger partial charge in [0.05, 0.1) is 16.9 Å². The van der Waals surface area contributed by atoms with Crippen LogP contribution in [0.5, 0.6) is 0 Å². The number of aliphatic carboxylic acids is 1. The molecule has 1 aromatic carbocycles. The zero-order valence-electron chi connectivity index (χ0n) is 13.9. The first-order valence-electron chi connectivity index (χ1n) is 7.54. The van der Waals surface area contributed by atoms with Crippen molar-refractivity contribution < 1.29 is 19.5 Å². The van der Waals surface area contributed by atoms with Gasteiger partial charge in [-0.3, -0.25) is 14.5 Å². The fraction of sp³-hybridized carbons (Fsp3) is 0.294. The highest BCUT2D eigenvalue weighted by Gasteiger charge is 2.28. The van der Waals surface area contributed by atoms with E-state index in [2.05, 4.69) is 5.32 Å². The van der Waals surface area contributed by atoms with E-state index >= 15 is 0 Å². The van der Waals surface area contributed by atoms with Crippen molar-refractivity contribution in [3.05, 3.63) is 40.3 Å². The molecule has 2 rings (SSSR count). The number of hydrogen-bond acceptors (Lipinski definition) is 6. The van der Waals surface area contributed by atoms with E-state index in [9.17, 15) is 19.5 Å². The Morgan fingerprint density at radius 2 is 1.88 bits per heavy atom. The molecule has 0 aliphatic carbocycles. The lowest BCUT2D eigenvalue weighted by molar-refractivity contribution is -0.309. The van der Waals surface area contributed by atoms with E-state index < -0.39 is 17.9 Å². The quantitative estimate of drug-likeness (QED) is 0.609. The van der Waals surface area contributed by atoms with Crippen LogP contribution in [0.2, 0.25) is 0 Å². The predicted molar refractivity (Wildman–Crippen MR) is 98.5 cm³/mol. The first-order valence-corrected chi connectivity index (χ1v) is 8.76. The second kappa shape index (κ2) is 7.79. The average molecular weight is 377 g/mol. The molecule has 1 N–H and O–H groups in total. The number of benzene rings is 1. The Balaban J connectivity index is 2.12. The van der Waals surface area contributed by atoms with Gasteiger partial charge in [-0.1, -0.05) is 50.0 Å². The zero-order valence-corrected chi connectivity index (χ0v) is 15.6. The van der Waals surface area contributed by atoms with Gasteiger partial charge in [-0.2, -0.15) is 0 Å². The minimum absolute atomic E-state index is 0.162. The molecule has 8 heteroatoms. The van der Waals surface area contributed by atoms with E-state index in [1.54, 1.807) is 51.2 Å². The topological polar surface area (TPSA) is 89.5 Å². The molecule has 2 amide bonds. The molecule has 0 aromatic heterocycles. The molecule has 1 atom stereocenters. The molecule has 0 radical (unpaired) electrons. The molecule has 25 heavy (non-hydrogen) atoms. The highest BCUT2D eigenvalue weighted by atomic mass is 32.2. The number of amides is 2. The highest BCUT2D eigenvalue weighted by Crippen LogP contribution is 2.31. The Hall–Kier alpha value is -2.19. The monoisotopic (exact) mass is 377 g/mol. The summed E-state index contributed by atoms with van der Waals surface area (Å²) >= 11 is 6.29. The summed E-state index contributed by atoms with van der Waals surface area (Å²) in [5.74, 6) is -2.26. The third-order valence-electron chi connectivity index (χ3n) is 3.66. The summed E-state index contributed by atoms with van der Waals surface area (Å²) in [6.45, 7) is 3.38. The molecular weight excluding hydrogens is 360 g/mol. The van der Waals surface area contributed by atoms with Gasteiger partial charge in [0, 0.05) is 12.6 Å². The normalized spacial score (nSPS) is 17.3. The third kappa shape index (κ3) is 4.46. The standard InChI is InChI=1S/C17H18N2O4S2/c1-9(2)13(16(22)23)18-14(20)11-6-4-10(5-7-11)8-12-15(21)19(3)17(24)25-12/h4-9,13H,1-3H3,(H,18,20)(H,22,23)/p-1/b12-8+/t13-/m0/s1. The fourth-order valence-corrected chi connectivity index (χ4v) is 3.33. The molecule has 1 aliphatic rings. The van der Waals surface area contributed by atoms with E-state index in [1.165, 1.54) is 16.7 Å². The van der Waals surface area contributed by atoms with Crippen LogP contribution < -0.4 is 10.4 Å². The first kappa shape index (κ1) is 19.1. The van der Waals surface area contributed by atoms with Crippen molar-refractivity contribution in [3.8, 4) is 0 Å². The maximum atomic E-state index is 12.2. The van der Waals surface area contributed by atoms with Crippen LogP contribution in [-0.2, 0) is 9.59 Å². The van der Waals surface area contributed by atoms with Gasteiger partial charge >= 0.3 is 0 Å². The van der Waals surface area contributed by atoms with Gasteiger partial charge in [-0.15, -0.1) is 0 Å². The Bertz CT molecular complexity index is 756. The summed E-state index contributed by atoms with van der Waals surface area (Å²) < 4.78 is 0.495. The number of nitrogens with one attached hydrogen (secondary N) is 1. The van der Waals surface area contributed by atoms with Crippen molar-refractivity contribution in [1.82, 2.24) is 10.2 Å². The number of thiocarbonyl (C=S) groups is 1.